The minimum Gasteiger partial charge on any atom is -0.438 e. The number of ether oxygens (including phenoxy) is 3. The molecule has 0 spiro atoms. The van der Waals surface area contributed by atoms with E-state index in [1.54, 1.807) is 34.6 Å². The third kappa shape index (κ3) is 8.57. The monoisotopic (exact) mass is 552 g/mol. The van der Waals surface area contributed by atoms with Gasteiger partial charge in [0.2, 0.25) is 13.6 Å². The molecule has 13 nitrogen and oxygen atoms in total. The van der Waals surface area contributed by atoms with Gasteiger partial charge < -0.3 is 14.2 Å². The van der Waals surface area contributed by atoms with Gasteiger partial charge in [0.25, 0.3) is 5.56 Å². The maximum Gasteiger partial charge on any atom is 0.480 e. The van der Waals surface area contributed by atoms with Crippen molar-refractivity contribution in [3.05, 3.63) is 33.1 Å². The Bertz CT molecular complexity index is 1090. The Labute approximate surface area is 213 Å². The van der Waals surface area contributed by atoms with Crippen molar-refractivity contribution >= 4 is 19.8 Å². The maximum absolute atomic E-state index is 14.2. The van der Waals surface area contributed by atoms with Crippen LogP contribution >= 0.6 is 7.82 Å². The Morgan fingerprint density at radius 2 is 1.81 bits per heavy atom. The number of carbonyl (C=O) groups excluding carboxylic acids is 2. The summed E-state index contributed by atoms with van der Waals surface area (Å²) in [4.78, 5) is 49.3. The highest BCUT2D eigenvalue weighted by Gasteiger charge is 2.48. The molecule has 0 radical (unpaired) electrons. The summed E-state index contributed by atoms with van der Waals surface area (Å²) in [6.07, 6.45) is 0.824. The molecule has 1 aliphatic rings. The van der Waals surface area contributed by atoms with Crippen LogP contribution < -0.4 is 11.2 Å². The molecule has 2 unspecified atom stereocenters. The summed E-state index contributed by atoms with van der Waals surface area (Å²) in [6.45, 7) is 4.94. The van der Waals surface area contributed by atoms with Gasteiger partial charge in [0.1, 0.15) is 18.5 Å². The van der Waals surface area contributed by atoms with E-state index < -0.39 is 87.5 Å². The van der Waals surface area contributed by atoms with E-state index in [0.717, 1.165) is 10.6 Å². The Hall–Kier alpha value is -2.38. The molecular formula is C22H34FN2O11P. The van der Waals surface area contributed by atoms with Gasteiger partial charge in [0, 0.05) is 18.2 Å². The van der Waals surface area contributed by atoms with E-state index >= 15 is 0 Å². The highest BCUT2D eigenvalue weighted by atomic mass is 31.2. The third-order valence-corrected chi connectivity index (χ3v) is 7.00. The minimum absolute atomic E-state index is 0.0467. The first-order chi connectivity index (χ1) is 17.3. The number of carbonyl (C=O) groups is 2. The smallest absolute Gasteiger partial charge is 0.438 e. The van der Waals surface area contributed by atoms with Crippen molar-refractivity contribution in [3.63, 3.8) is 0 Å². The van der Waals surface area contributed by atoms with Gasteiger partial charge in [-0.05, 0) is 12.8 Å². The number of H-pyrrole nitrogens is 1. The molecule has 0 aromatic carbocycles. The van der Waals surface area contributed by atoms with Gasteiger partial charge >= 0.3 is 25.5 Å². The lowest BCUT2D eigenvalue weighted by atomic mass is 9.96. The Morgan fingerprint density at radius 3 is 2.35 bits per heavy atom. The van der Waals surface area contributed by atoms with Crippen molar-refractivity contribution < 1.29 is 46.3 Å². The average Bonchev–Trinajstić information content (AvgIpc) is 3.18. The minimum atomic E-state index is -4.55. The summed E-state index contributed by atoms with van der Waals surface area (Å²) in [5, 5.41) is 0. The SMILES string of the molecule is CCC(C)C(=O)OCOP(=O)(OCOC(=O)C(C)C)OC[C@]1(CF)C[C@H](C)[C@H](n2ccc(=O)[nH]c2=O)O1. The summed E-state index contributed by atoms with van der Waals surface area (Å²) in [7, 11) is -4.55. The fourth-order valence-electron chi connectivity index (χ4n) is 3.37. The van der Waals surface area contributed by atoms with Crippen LogP contribution in [-0.4, -0.2) is 54.0 Å². The zero-order chi connectivity index (χ0) is 27.8. The molecule has 0 amide bonds. The molecule has 0 bridgehead atoms. The van der Waals surface area contributed by atoms with Crippen molar-refractivity contribution in [1.82, 2.24) is 9.55 Å². The van der Waals surface area contributed by atoms with E-state index in [1.165, 1.54) is 6.20 Å². The highest BCUT2D eigenvalue weighted by Crippen LogP contribution is 2.52. The molecule has 1 aliphatic heterocycles. The second kappa shape index (κ2) is 13.4. The van der Waals surface area contributed by atoms with Crippen LogP contribution in [0.15, 0.2) is 21.9 Å². The van der Waals surface area contributed by atoms with Crippen molar-refractivity contribution in [1.29, 1.82) is 0 Å². The van der Waals surface area contributed by atoms with E-state index in [9.17, 15) is 28.1 Å². The molecule has 0 saturated carbocycles. The molecule has 15 heteroatoms. The van der Waals surface area contributed by atoms with Gasteiger partial charge in [-0.1, -0.05) is 34.6 Å². The van der Waals surface area contributed by atoms with Gasteiger partial charge in [0.05, 0.1) is 18.4 Å². The molecule has 5 atom stereocenters. The Balaban J connectivity index is 2.13. The number of phosphoric ester groups is 1. The van der Waals surface area contributed by atoms with Crippen LogP contribution in [0.3, 0.4) is 0 Å². The second-order valence-corrected chi connectivity index (χ2v) is 10.8. The second-order valence-electron chi connectivity index (χ2n) is 9.13. The number of hydrogen-bond donors (Lipinski definition) is 1. The summed E-state index contributed by atoms with van der Waals surface area (Å²) in [5.74, 6) is -2.58. The van der Waals surface area contributed by atoms with Crippen LogP contribution in [0.4, 0.5) is 4.39 Å². The quantitative estimate of drug-likeness (QED) is 0.205. The van der Waals surface area contributed by atoms with Crippen molar-refractivity contribution in [3.8, 4) is 0 Å². The summed E-state index contributed by atoms with van der Waals surface area (Å²) >= 11 is 0. The number of nitrogens with one attached hydrogen (secondary N) is 1. The number of alkyl halides is 1. The molecule has 1 fully saturated rings. The lowest BCUT2D eigenvalue weighted by Gasteiger charge is -2.28. The normalized spacial score (nSPS) is 24.0. The number of phosphoric acid groups is 1. The first-order valence-corrected chi connectivity index (χ1v) is 13.2. The lowest BCUT2D eigenvalue weighted by molar-refractivity contribution is -0.159. The predicted octanol–water partition coefficient (Wildman–Crippen LogP) is 2.66. The van der Waals surface area contributed by atoms with Gasteiger partial charge in [-0.15, -0.1) is 0 Å². The third-order valence-electron chi connectivity index (χ3n) is 5.72. The standard InChI is InChI=1S/C22H34FN2O11P/c1-6-15(4)20(28)32-13-35-37(30,34-12-31-19(27)14(2)3)33-11-22(10-23)9-16(5)18(36-22)25-8-7-17(26)24-21(25)29/h7-8,14-16,18H,6,9-13H2,1-5H3,(H,24,26,29)/t15?,16-,18+,22+,37?/m0/s1. The molecule has 210 valence electrons. The van der Waals surface area contributed by atoms with Crippen LogP contribution in [0.1, 0.15) is 53.7 Å². The average molecular weight is 552 g/mol. The Kier molecular flexibility index (Phi) is 11.2. The number of esters is 2. The van der Waals surface area contributed by atoms with Gasteiger partial charge in [0.15, 0.2) is 0 Å². The molecule has 0 aliphatic carbocycles. The van der Waals surface area contributed by atoms with Crippen LogP contribution in [0.5, 0.6) is 0 Å². The first kappa shape index (κ1) is 30.8. The van der Waals surface area contributed by atoms with Gasteiger partial charge in [-0.2, -0.15) is 0 Å². The zero-order valence-electron chi connectivity index (χ0n) is 21.5. The number of rotatable bonds is 14. The van der Waals surface area contributed by atoms with E-state index in [2.05, 4.69) is 4.98 Å². The first-order valence-electron chi connectivity index (χ1n) is 11.8. The Morgan fingerprint density at radius 1 is 1.19 bits per heavy atom. The number of aromatic amines is 1. The van der Waals surface area contributed by atoms with Gasteiger partial charge in [-0.3, -0.25) is 28.5 Å². The summed E-state index contributed by atoms with van der Waals surface area (Å²) in [5.41, 5.74) is -2.99. The number of nitrogens with zero attached hydrogens (tertiary/aromatic N) is 1. The van der Waals surface area contributed by atoms with Crippen LogP contribution in [0.2, 0.25) is 0 Å². The molecule has 1 N–H and O–H groups in total. The van der Waals surface area contributed by atoms with E-state index in [1.807, 2.05) is 0 Å². The molecule has 2 heterocycles. The topological polar surface area (TPSA) is 161 Å². The predicted molar refractivity (Wildman–Crippen MR) is 126 cm³/mol. The molecule has 1 aromatic heterocycles. The molecule has 37 heavy (non-hydrogen) atoms. The molecule has 1 aromatic rings. The van der Waals surface area contributed by atoms with Crippen molar-refractivity contribution in [2.45, 2.75) is 59.3 Å². The number of halogens is 1. The van der Waals surface area contributed by atoms with Crippen molar-refractivity contribution in [2.75, 3.05) is 26.9 Å². The fourth-order valence-corrected chi connectivity index (χ4v) is 4.35. The lowest BCUT2D eigenvalue weighted by Crippen LogP contribution is -2.38. The van der Waals surface area contributed by atoms with E-state index in [0.29, 0.717) is 6.42 Å². The highest BCUT2D eigenvalue weighted by molar-refractivity contribution is 7.48. The van der Waals surface area contributed by atoms with E-state index in [-0.39, 0.29) is 6.42 Å². The summed E-state index contributed by atoms with van der Waals surface area (Å²) in [6, 6.07) is 1.12. The molecular weight excluding hydrogens is 518 g/mol. The largest absolute Gasteiger partial charge is 0.480 e. The maximum atomic E-state index is 14.2. The zero-order valence-corrected chi connectivity index (χ0v) is 22.4. The van der Waals surface area contributed by atoms with Gasteiger partial charge in [-0.25, -0.2) is 22.8 Å². The van der Waals surface area contributed by atoms with Crippen LogP contribution in [-0.2, 0) is 41.9 Å². The molecule has 2 rings (SSSR count). The molecule has 1 saturated heterocycles. The number of aromatic nitrogens is 2. The van der Waals surface area contributed by atoms with Crippen LogP contribution in [0.25, 0.3) is 0 Å². The summed E-state index contributed by atoms with van der Waals surface area (Å²) < 4.78 is 59.5. The van der Waals surface area contributed by atoms with Crippen LogP contribution in [0, 0.1) is 17.8 Å². The number of hydrogen-bond acceptors (Lipinski definition) is 11. The van der Waals surface area contributed by atoms with Crippen molar-refractivity contribution in [2.24, 2.45) is 17.8 Å². The van der Waals surface area contributed by atoms with E-state index in [4.69, 9.17) is 27.8 Å². The fraction of sp³-hybridized carbons (Fsp3) is 0.727.